The normalized spacial score (nSPS) is 11.8. The van der Waals surface area contributed by atoms with Crippen LogP contribution in [0.1, 0.15) is 31.9 Å². The lowest BCUT2D eigenvalue weighted by Gasteiger charge is -2.23. The number of carboxylic acid groups (broad SMARTS) is 1. The molecule has 0 bridgehead atoms. The maximum atomic E-state index is 12.5. The Balaban J connectivity index is 1.85. The molecule has 0 aliphatic heterocycles. The van der Waals surface area contributed by atoms with Crippen molar-refractivity contribution in [1.82, 2.24) is 4.90 Å². The van der Waals surface area contributed by atoms with E-state index in [4.69, 9.17) is 42.1 Å². The molecule has 0 aliphatic rings. The average molecular weight is 542 g/mol. The number of carbonyl (C=O) groups excluding carboxylic acids is 1. The Morgan fingerprint density at radius 2 is 1.61 bits per heavy atom. The molecule has 0 aliphatic carbocycles. The number of aliphatic carboxylic acids is 1. The Hall–Kier alpha value is -2.52. The van der Waals surface area contributed by atoms with E-state index in [2.05, 4.69) is 0 Å². The third-order valence-corrected chi connectivity index (χ3v) is 5.35. The minimum Gasteiger partial charge on any atom is -0.492 e. The van der Waals surface area contributed by atoms with Gasteiger partial charge in [-0.1, -0.05) is 35.3 Å². The van der Waals surface area contributed by atoms with Crippen molar-refractivity contribution in [2.45, 2.75) is 46.0 Å². The van der Waals surface area contributed by atoms with Gasteiger partial charge in [0.1, 0.15) is 12.4 Å². The Morgan fingerprint density at radius 1 is 0.972 bits per heavy atom. The molecule has 0 fully saturated rings. The van der Waals surface area contributed by atoms with Crippen LogP contribution in [0.2, 0.25) is 10.0 Å². The number of ether oxygens (including phenoxy) is 4. The highest BCUT2D eigenvalue weighted by Gasteiger charge is 2.18. The molecule has 1 N–H and O–H groups in total. The van der Waals surface area contributed by atoms with E-state index in [9.17, 15) is 14.7 Å². The van der Waals surface area contributed by atoms with Crippen molar-refractivity contribution in [3.8, 4) is 5.75 Å². The molecule has 10 heteroatoms. The van der Waals surface area contributed by atoms with Crippen molar-refractivity contribution in [3.05, 3.63) is 63.6 Å². The molecule has 1 unspecified atom stereocenters. The molecule has 0 saturated carbocycles. The van der Waals surface area contributed by atoms with Crippen LogP contribution in [0.15, 0.2) is 42.5 Å². The number of carbonyl (C=O) groups is 2. The second-order valence-corrected chi connectivity index (χ2v) is 9.10. The first-order valence-corrected chi connectivity index (χ1v) is 12.5. The summed E-state index contributed by atoms with van der Waals surface area (Å²) in [6.45, 7) is 7.11. The summed E-state index contributed by atoms with van der Waals surface area (Å²) >= 11 is 12.0. The number of halogens is 2. The van der Waals surface area contributed by atoms with Gasteiger partial charge in [-0.25, -0.2) is 9.59 Å². The van der Waals surface area contributed by atoms with Gasteiger partial charge < -0.3 is 29.0 Å². The predicted molar refractivity (Wildman–Crippen MR) is 138 cm³/mol. The van der Waals surface area contributed by atoms with Crippen LogP contribution < -0.4 is 4.74 Å². The fourth-order valence-corrected chi connectivity index (χ4v) is 3.83. The molecule has 36 heavy (non-hydrogen) atoms. The van der Waals surface area contributed by atoms with Gasteiger partial charge in [-0.2, -0.15) is 0 Å². The Bertz CT molecular complexity index is 949. The lowest BCUT2D eigenvalue weighted by atomic mass is 10.1. The highest BCUT2D eigenvalue weighted by Crippen LogP contribution is 2.19. The summed E-state index contributed by atoms with van der Waals surface area (Å²) in [6.07, 6.45) is -1.33. The van der Waals surface area contributed by atoms with Crippen LogP contribution in [-0.4, -0.2) is 67.2 Å². The lowest BCUT2D eigenvalue weighted by molar-refractivity contribution is -0.149. The summed E-state index contributed by atoms with van der Waals surface area (Å²) in [4.78, 5) is 25.3. The highest BCUT2D eigenvalue weighted by molar-refractivity contribution is 6.34. The topological polar surface area (TPSA) is 94.5 Å². The van der Waals surface area contributed by atoms with Crippen molar-refractivity contribution in [2.75, 3.05) is 32.9 Å². The Labute approximate surface area is 222 Å². The minimum absolute atomic E-state index is 0.243. The standard InChI is InChI=1S/C26H33Cl2NO7/c1-4-34-24(25(30)31)15-19-5-7-23(8-6-19)35-12-10-29(26(32)36-18(2)3)9-11-33-17-20-13-21(27)16-22(28)14-20/h5-8,13-14,16,18,24H,4,9-12,15,17H2,1-3H3,(H,30,31). The zero-order valence-electron chi connectivity index (χ0n) is 20.7. The van der Waals surface area contributed by atoms with Crippen LogP contribution in [0, 0.1) is 0 Å². The van der Waals surface area contributed by atoms with Gasteiger partial charge in [0.15, 0.2) is 6.10 Å². The lowest BCUT2D eigenvalue weighted by Crippen LogP contribution is -2.38. The van der Waals surface area contributed by atoms with E-state index < -0.39 is 18.2 Å². The van der Waals surface area contributed by atoms with Gasteiger partial charge in [0.05, 0.1) is 25.9 Å². The number of nitrogens with zero attached hydrogens (tertiary/aromatic N) is 1. The van der Waals surface area contributed by atoms with E-state index in [0.29, 0.717) is 42.1 Å². The molecule has 1 amide bonds. The SMILES string of the molecule is CCOC(Cc1ccc(OCCN(CCOCc2cc(Cl)cc(Cl)c2)C(=O)OC(C)C)cc1)C(=O)O. The molecular weight excluding hydrogens is 509 g/mol. The van der Waals surface area contributed by atoms with Gasteiger partial charge in [-0.05, 0) is 62.2 Å². The van der Waals surface area contributed by atoms with Gasteiger partial charge in [-0.15, -0.1) is 0 Å². The van der Waals surface area contributed by atoms with Crippen molar-refractivity contribution in [2.24, 2.45) is 0 Å². The summed E-state index contributed by atoms with van der Waals surface area (Å²) < 4.78 is 22.1. The maximum Gasteiger partial charge on any atom is 0.410 e. The first-order valence-electron chi connectivity index (χ1n) is 11.7. The van der Waals surface area contributed by atoms with Gasteiger partial charge in [0.25, 0.3) is 0 Å². The molecule has 1 atom stereocenters. The summed E-state index contributed by atoms with van der Waals surface area (Å²) in [6, 6.07) is 12.3. The van der Waals surface area contributed by atoms with E-state index >= 15 is 0 Å². The van der Waals surface area contributed by atoms with Crippen molar-refractivity contribution in [1.29, 1.82) is 0 Å². The zero-order valence-corrected chi connectivity index (χ0v) is 22.3. The highest BCUT2D eigenvalue weighted by atomic mass is 35.5. The molecule has 2 aromatic rings. The molecule has 2 aromatic carbocycles. The van der Waals surface area contributed by atoms with Crippen LogP contribution in [0.3, 0.4) is 0 Å². The Morgan fingerprint density at radius 3 is 2.19 bits per heavy atom. The quantitative estimate of drug-likeness (QED) is 0.299. The van der Waals surface area contributed by atoms with Crippen LogP contribution in [0.5, 0.6) is 5.75 Å². The van der Waals surface area contributed by atoms with Crippen molar-refractivity contribution in [3.63, 3.8) is 0 Å². The number of benzene rings is 2. The van der Waals surface area contributed by atoms with E-state index in [1.807, 2.05) is 0 Å². The van der Waals surface area contributed by atoms with Gasteiger partial charge in [0.2, 0.25) is 0 Å². The molecule has 8 nitrogen and oxygen atoms in total. The Kier molecular flexibility index (Phi) is 12.8. The smallest absolute Gasteiger partial charge is 0.410 e. The second-order valence-electron chi connectivity index (χ2n) is 8.23. The van der Waals surface area contributed by atoms with Crippen LogP contribution >= 0.6 is 23.2 Å². The fraction of sp³-hybridized carbons (Fsp3) is 0.462. The predicted octanol–water partition coefficient (Wildman–Crippen LogP) is 5.47. The summed E-state index contributed by atoms with van der Waals surface area (Å²) in [5.74, 6) is -0.390. The summed E-state index contributed by atoms with van der Waals surface area (Å²) in [5, 5.41) is 10.3. The minimum atomic E-state index is -0.995. The second kappa shape index (κ2) is 15.6. The zero-order chi connectivity index (χ0) is 26.5. The van der Waals surface area contributed by atoms with Gasteiger partial charge in [0, 0.05) is 29.6 Å². The monoisotopic (exact) mass is 541 g/mol. The first kappa shape index (κ1) is 29.7. The third-order valence-electron chi connectivity index (χ3n) is 4.91. The van der Waals surface area contributed by atoms with Gasteiger partial charge in [-0.3, -0.25) is 0 Å². The van der Waals surface area contributed by atoms with E-state index in [1.54, 1.807) is 63.2 Å². The van der Waals surface area contributed by atoms with Crippen LogP contribution in [0.4, 0.5) is 4.79 Å². The molecule has 0 heterocycles. The molecule has 0 radical (unpaired) electrons. The van der Waals surface area contributed by atoms with Crippen LogP contribution in [0.25, 0.3) is 0 Å². The largest absolute Gasteiger partial charge is 0.492 e. The molecule has 2 rings (SSSR count). The maximum absolute atomic E-state index is 12.5. The first-order chi connectivity index (χ1) is 17.2. The van der Waals surface area contributed by atoms with Gasteiger partial charge >= 0.3 is 12.1 Å². The summed E-state index contributed by atoms with van der Waals surface area (Å²) in [7, 11) is 0. The van der Waals surface area contributed by atoms with E-state index in [0.717, 1.165) is 11.1 Å². The number of rotatable bonds is 15. The summed E-state index contributed by atoms with van der Waals surface area (Å²) in [5.41, 5.74) is 1.66. The number of hydrogen-bond donors (Lipinski definition) is 1. The number of hydrogen-bond acceptors (Lipinski definition) is 6. The molecule has 0 aromatic heterocycles. The molecule has 0 saturated heterocycles. The number of amides is 1. The molecule has 198 valence electrons. The van der Waals surface area contributed by atoms with Crippen molar-refractivity contribution >= 4 is 35.3 Å². The fourth-order valence-electron chi connectivity index (χ4n) is 3.26. The average Bonchev–Trinajstić information content (AvgIpc) is 2.80. The molecular formula is C26H33Cl2NO7. The number of carboxylic acids is 1. The van der Waals surface area contributed by atoms with Crippen molar-refractivity contribution < 1.29 is 33.6 Å². The van der Waals surface area contributed by atoms with Crippen LogP contribution in [-0.2, 0) is 32.0 Å². The van der Waals surface area contributed by atoms with E-state index in [1.165, 1.54) is 4.90 Å². The third kappa shape index (κ3) is 11.0. The molecule has 0 spiro atoms. The van der Waals surface area contributed by atoms with E-state index in [-0.39, 0.29) is 25.7 Å².